The monoisotopic (exact) mass is 356 g/mol. The molecule has 1 aliphatic rings. The number of nitrogens with zero attached hydrogens (tertiary/aromatic N) is 2. The van der Waals surface area contributed by atoms with Gasteiger partial charge in [0.05, 0.1) is 13.5 Å². The third-order valence-electron chi connectivity index (χ3n) is 4.87. The minimum Gasteiger partial charge on any atom is -0.497 e. The summed E-state index contributed by atoms with van der Waals surface area (Å²) < 4.78 is 18.1. The Morgan fingerprint density at radius 2 is 1.58 bits per heavy atom. The molecule has 4 nitrogen and oxygen atoms in total. The van der Waals surface area contributed by atoms with Gasteiger partial charge in [-0.25, -0.2) is 4.39 Å². The van der Waals surface area contributed by atoms with Crippen molar-refractivity contribution < 1.29 is 13.9 Å². The number of halogens is 1. The molecule has 0 spiro atoms. The Bertz CT molecular complexity index is 708. The van der Waals surface area contributed by atoms with Crippen molar-refractivity contribution in [3.63, 3.8) is 0 Å². The fourth-order valence-corrected chi connectivity index (χ4v) is 3.19. The number of piperazine rings is 1. The van der Waals surface area contributed by atoms with Crippen molar-refractivity contribution in [2.45, 2.75) is 12.8 Å². The highest BCUT2D eigenvalue weighted by atomic mass is 19.1. The molecule has 1 aliphatic heterocycles. The predicted octanol–water partition coefficient (Wildman–Crippen LogP) is 2.76. The van der Waals surface area contributed by atoms with E-state index in [0.717, 1.165) is 56.0 Å². The summed E-state index contributed by atoms with van der Waals surface area (Å²) in [5.41, 5.74) is 2.15. The molecule has 0 N–H and O–H groups in total. The zero-order chi connectivity index (χ0) is 18.4. The van der Waals surface area contributed by atoms with Crippen LogP contribution >= 0.6 is 0 Å². The molecule has 138 valence electrons. The second-order valence-electron chi connectivity index (χ2n) is 6.62. The minimum atomic E-state index is -0.197. The third kappa shape index (κ3) is 5.05. The van der Waals surface area contributed by atoms with Gasteiger partial charge in [0.2, 0.25) is 5.91 Å². The Kier molecular flexibility index (Phi) is 6.23. The number of hydrogen-bond donors (Lipinski definition) is 0. The smallest absolute Gasteiger partial charge is 0.227 e. The van der Waals surface area contributed by atoms with E-state index >= 15 is 0 Å². The summed E-state index contributed by atoms with van der Waals surface area (Å²) in [4.78, 5) is 16.8. The van der Waals surface area contributed by atoms with Crippen LogP contribution in [0.4, 0.5) is 4.39 Å². The van der Waals surface area contributed by atoms with Gasteiger partial charge in [0.15, 0.2) is 0 Å². The lowest BCUT2D eigenvalue weighted by Crippen LogP contribution is -2.49. The standard InChI is InChI=1S/C21H25FN2O2/c1-26-20-8-4-18(5-9-20)16-21(25)24-14-12-23(13-15-24)11-10-17-2-6-19(22)7-3-17/h2-9H,10-16H2,1H3. The van der Waals surface area contributed by atoms with Gasteiger partial charge in [-0.2, -0.15) is 0 Å². The summed E-state index contributed by atoms with van der Waals surface area (Å²) in [6.07, 6.45) is 1.33. The van der Waals surface area contributed by atoms with E-state index in [-0.39, 0.29) is 11.7 Å². The second-order valence-corrected chi connectivity index (χ2v) is 6.62. The molecule has 0 unspecified atom stereocenters. The summed E-state index contributed by atoms with van der Waals surface area (Å²) in [6, 6.07) is 14.3. The Balaban J connectivity index is 1.42. The van der Waals surface area contributed by atoms with Gasteiger partial charge in [0.25, 0.3) is 0 Å². The van der Waals surface area contributed by atoms with Crippen LogP contribution in [-0.4, -0.2) is 55.5 Å². The molecule has 0 bridgehead atoms. The van der Waals surface area contributed by atoms with Crippen molar-refractivity contribution in [1.82, 2.24) is 9.80 Å². The third-order valence-corrected chi connectivity index (χ3v) is 4.87. The van der Waals surface area contributed by atoms with Crippen LogP contribution in [0.2, 0.25) is 0 Å². The molecule has 0 radical (unpaired) electrons. The topological polar surface area (TPSA) is 32.8 Å². The van der Waals surface area contributed by atoms with E-state index in [2.05, 4.69) is 4.90 Å². The summed E-state index contributed by atoms with van der Waals surface area (Å²) in [5.74, 6) is 0.780. The number of carbonyl (C=O) groups excluding carboxylic acids is 1. The molecule has 3 rings (SSSR count). The van der Waals surface area contributed by atoms with E-state index in [4.69, 9.17) is 4.74 Å². The number of benzene rings is 2. The molecule has 1 saturated heterocycles. The molecule has 0 aromatic heterocycles. The lowest BCUT2D eigenvalue weighted by Gasteiger charge is -2.34. The normalized spacial score (nSPS) is 15.1. The van der Waals surface area contributed by atoms with Crippen LogP contribution in [0.25, 0.3) is 0 Å². The quantitative estimate of drug-likeness (QED) is 0.798. The first-order chi connectivity index (χ1) is 12.6. The van der Waals surface area contributed by atoms with E-state index in [1.54, 1.807) is 7.11 Å². The van der Waals surface area contributed by atoms with Crippen molar-refractivity contribution in [2.24, 2.45) is 0 Å². The van der Waals surface area contributed by atoms with Crippen LogP contribution in [0.5, 0.6) is 5.75 Å². The highest BCUT2D eigenvalue weighted by Gasteiger charge is 2.20. The van der Waals surface area contributed by atoms with Crippen molar-refractivity contribution >= 4 is 5.91 Å². The van der Waals surface area contributed by atoms with E-state index in [1.165, 1.54) is 12.1 Å². The Morgan fingerprint density at radius 1 is 0.962 bits per heavy atom. The zero-order valence-corrected chi connectivity index (χ0v) is 15.2. The van der Waals surface area contributed by atoms with Crippen LogP contribution in [0.15, 0.2) is 48.5 Å². The molecule has 2 aromatic carbocycles. The summed E-state index contributed by atoms with van der Waals surface area (Å²) >= 11 is 0. The van der Waals surface area contributed by atoms with Crippen molar-refractivity contribution in [1.29, 1.82) is 0 Å². The van der Waals surface area contributed by atoms with Crippen LogP contribution in [0.1, 0.15) is 11.1 Å². The molecule has 2 aromatic rings. The largest absolute Gasteiger partial charge is 0.497 e. The SMILES string of the molecule is COc1ccc(CC(=O)N2CCN(CCc3ccc(F)cc3)CC2)cc1. The lowest BCUT2D eigenvalue weighted by atomic mass is 10.1. The number of amides is 1. The van der Waals surface area contributed by atoms with Gasteiger partial charge in [-0.3, -0.25) is 9.69 Å². The van der Waals surface area contributed by atoms with Gasteiger partial charge in [0, 0.05) is 32.7 Å². The maximum atomic E-state index is 12.9. The molecule has 1 amide bonds. The molecule has 0 aliphatic carbocycles. The average molecular weight is 356 g/mol. The van der Waals surface area contributed by atoms with Gasteiger partial charge in [-0.05, 0) is 41.8 Å². The zero-order valence-electron chi connectivity index (χ0n) is 15.2. The maximum absolute atomic E-state index is 12.9. The first-order valence-electron chi connectivity index (χ1n) is 9.01. The molecule has 5 heteroatoms. The number of rotatable bonds is 6. The molecule has 26 heavy (non-hydrogen) atoms. The summed E-state index contributed by atoms with van der Waals surface area (Å²) in [5, 5.41) is 0. The van der Waals surface area contributed by atoms with Crippen LogP contribution in [0, 0.1) is 5.82 Å². The average Bonchev–Trinajstić information content (AvgIpc) is 2.68. The molecular weight excluding hydrogens is 331 g/mol. The van der Waals surface area contributed by atoms with E-state index < -0.39 is 0 Å². The Labute approximate surface area is 154 Å². The summed E-state index contributed by atoms with van der Waals surface area (Å²) in [7, 11) is 1.63. The highest BCUT2D eigenvalue weighted by Crippen LogP contribution is 2.13. The number of ether oxygens (including phenoxy) is 1. The fraction of sp³-hybridized carbons (Fsp3) is 0.381. The molecule has 0 saturated carbocycles. The first kappa shape index (κ1) is 18.4. The van der Waals surface area contributed by atoms with Gasteiger partial charge in [-0.15, -0.1) is 0 Å². The van der Waals surface area contributed by atoms with Crippen LogP contribution < -0.4 is 4.74 Å². The molecular formula is C21H25FN2O2. The van der Waals surface area contributed by atoms with Crippen molar-refractivity contribution in [3.8, 4) is 5.75 Å². The van der Waals surface area contributed by atoms with Gasteiger partial charge < -0.3 is 9.64 Å². The predicted molar refractivity (Wildman–Crippen MR) is 99.8 cm³/mol. The van der Waals surface area contributed by atoms with E-state index in [0.29, 0.717) is 6.42 Å². The van der Waals surface area contributed by atoms with Crippen molar-refractivity contribution in [2.75, 3.05) is 39.8 Å². The highest BCUT2D eigenvalue weighted by molar-refractivity contribution is 5.78. The van der Waals surface area contributed by atoms with E-state index in [9.17, 15) is 9.18 Å². The van der Waals surface area contributed by atoms with E-state index in [1.807, 2.05) is 41.3 Å². The number of hydrogen-bond acceptors (Lipinski definition) is 3. The molecule has 1 heterocycles. The summed E-state index contributed by atoms with van der Waals surface area (Å²) in [6.45, 7) is 4.23. The van der Waals surface area contributed by atoms with Crippen LogP contribution in [0.3, 0.4) is 0 Å². The lowest BCUT2D eigenvalue weighted by molar-refractivity contribution is -0.132. The van der Waals surface area contributed by atoms with Gasteiger partial charge in [0.1, 0.15) is 11.6 Å². The molecule has 1 fully saturated rings. The number of methoxy groups -OCH3 is 1. The van der Waals surface area contributed by atoms with Gasteiger partial charge in [-0.1, -0.05) is 24.3 Å². The first-order valence-corrected chi connectivity index (χ1v) is 9.01. The Hall–Kier alpha value is -2.40. The van der Waals surface area contributed by atoms with Crippen molar-refractivity contribution in [3.05, 3.63) is 65.5 Å². The second kappa shape index (κ2) is 8.81. The molecule has 0 atom stereocenters. The minimum absolute atomic E-state index is 0.174. The maximum Gasteiger partial charge on any atom is 0.227 e. The van der Waals surface area contributed by atoms with Crippen LogP contribution in [-0.2, 0) is 17.6 Å². The number of carbonyl (C=O) groups is 1. The Morgan fingerprint density at radius 3 is 2.19 bits per heavy atom. The van der Waals surface area contributed by atoms with Gasteiger partial charge >= 0.3 is 0 Å². The fourth-order valence-electron chi connectivity index (χ4n) is 3.19.